The first kappa shape index (κ1) is 23.6. The fourth-order valence-electron chi connectivity index (χ4n) is 4.46. The lowest BCUT2D eigenvalue weighted by Crippen LogP contribution is -2.65. The van der Waals surface area contributed by atoms with Gasteiger partial charge in [-0.25, -0.2) is 9.37 Å². The Morgan fingerprint density at radius 3 is 2.51 bits per heavy atom. The second-order valence-electron chi connectivity index (χ2n) is 10.3. The van der Waals surface area contributed by atoms with E-state index in [9.17, 15) is 4.79 Å². The number of nitrogens with zero attached hydrogens (tertiary/aromatic N) is 4. The van der Waals surface area contributed by atoms with Gasteiger partial charge in [0.15, 0.2) is 29.1 Å². The number of anilines is 1. The third kappa shape index (κ3) is 4.04. The van der Waals surface area contributed by atoms with E-state index in [1.807, 2.05) is 50.1 Å². The molecule has 0 bridgehead atoms. The Bertz CT molecular complexity index is 1370. The van der Waals surface area contributed by atoms with Gasteiger partial charge < -0.3 is 19.1 Å². The minimum Gasteiger partial charge on any atom is -0.499 e. The van der Waals surface area contributed by atoms with Gasteiger partial charge in [0.1, 0.15) is 43.2 Å². The summed E-state index contributed by atoms with van der Waals surface area (Å²) < 4.78 is 35.0. The van der Waals surface area contributed by atoms with E-state index in [0.717, 1.165) is 11.1 Å². The van der Waals surface area contributed by atoms with Crippen molar-refractivity contribution in [3.63, 3.8) is 0 Å². The molecular weight excluding hydrogens is 447 g/mol. The minimum atomic E-state index is -1.24. The first-order chi connectivity index (χ1) is 16.5. The average molecular weight is 474 g/mol. The predicted octanol–water partition coefficient (Wildman–Crippen LogP) is -1.69. The van der Waals surface area contributed by atoms with E-state index in [4.69, 9.17) is 14.2 Å². The maximum atomic E-state index is 15.3. The molecule has 0 unspecified atom stereocenters. The zero-order valence-corrected chi connectivity index (χ0v) is 21.0. The summed E-state index contributed by atoms with van der Waals surface area (Å²) in [6.07, 6.45) is 0.0968. The fraction of sp³-hybridized carbons (Fsp3) is 0.409. The third-order valence-electron chi connectivity index (χ3n) is 7.42. The topological polar surface area (TPSA) is 78.2 Å². The number of hydrogen-bond acceptors (Lipinski definition) is 7. The first-order valence-corrected chi connectivity index (χ1v) is 11.9. The molecule has 13 heteroatoms. The van der Waals surface area contributed by atoms with Crippen LogP contribution in [0.5, 0.6) is 17.2 Å². The lowest BCUT2D eigenvalue weighted by atomic mass is 9.41. The van der Waals surface area contributed by atoms with Gasteiger partial charge in [-0.2, -0.15) is 4.52 Å². The lowest BCUT2D eigenvalue weighted by molar-refractivity contribution is 0.0587. The van der Waals surface area contributed by atoms with E-state index in [0.29, 0.717) is 41.7 Å². The van der Waals surface area contributed by atoms with Gasteiger partial charge >= 0.3 is 0 Å². The molecule has 2 aromatic heterocycles. The molecule has 0 saturated carbocycles. The summed E-state index contributed by atoms with van der Waals surface area (Å²) >= 11 is 0. The van der Waals surface area contributed by atoms with Crippen LogP contribution in [0.3, 0.4) is 0 Å². The first-order valence-electron chi connectivity index (χ1n) is 11.9. The Morgan fingerprint density at radius 1 is 1.09 bits per heavy atom. The highest BCUT2D eigenvalue weighted by Gasteiger charge is 2.44. The Balaban J connectivity index is 1.33. The number of fused-ring (bicyclic) bond motifs is 2. The van der Waals surface area contributed by atoms with Gasteiger partial charge in [-0.05, 0) is 26.0 Å². The number of alkyl halides is 1. The van der Waals surface area contributed by atoms with Gasteiger partial charge in [-0.3, -0.25) is 4.79 Å². The molecule has 8 nitrogen and oxygen atoms in total. The van der Waals surface area contributed by atoms with E-state index >= 15 is 4.39 Å². The summed E-state index contributed by atoms with van der Waals surface area (Å²) in [4.78, 5) is 18.5. The van der Waals surface area contributed by atoms with Gasteiger partial charge in [0.2, 0.25) is 0 Å². The smallest absolute Gasteiger partial charge is 0.274 e. The molecule has 1 aromatic carbocycles. The van der Waals surface area contributed by atoms with Crippen LogP contribution in [0.15, 0.2) is 35.3 Å². The lowest BCUT2D eigenvalue weighted by Gasteiger charge is -2.47. The predicted molar refractivity (Wildman–Crippen MR) is 142 cm³/mol. The summed E-state index contributed by atoms with van der Waals surface area (Å²) in [6.45, 7) is 4.48. The normalized spacial score (nSPS) is 22.7. The summed E-state index contributed by atoms with van der Waals surface area (Å²) in [6, 6.07) is 6.73. The van der Waals surface area contributed by atoms with Crippen molar-refractivity contribution in [2.75, 3.05) is 18.0 Å². The molecule has 4 heterocycles. The highest BCUT2D eigenvalue weighted by atomic mass is 19.1. The standard InChI is InChI=1S/C22H27B4FN4O4/c1-11-12(2)20(29-31-18(32)5-7-28-19(11)31)30-8-6-15(14(27)10-30)33-13-3-4-16-17(9-13)35-22(25,26)21(23,24)34-16/h3-5,7,9,14-15H,6,8,10,23-26H2,1-2H3/t14-,15-/m0/s1. The molecule has 0 amide bonds. The van der Waals surface area contributed by atoms with E-state index in [-0.39, 0.29) is 12.1 Å². The summed E-state index contributed by atoms with van der Waals surface area (Å²) in [5.41, 5.74) is 1.98. The van der Waals surface area contributed by atoms with E-state index in [1.54, 1.807) is 18.2 Å². The molecule has 1 saturated heterocycles. The van der Waals surface area contributed by atoms with Crippen molar-refractivity contribution in [3.8, 4) is 17.2 Å². The largest absolute Gasteiger partial charge is 0.499 e. The maximum Gasteiger partial charge on any atom is 0.274 e. The summed E-state index contributed by atoms with van der Waals surface area (Å²) in [5, 5.41) is 3.48. The number of aromatic nitrogens is 3. The van der Waals surface area contributed by atoms with Gasteiger partial charge in [0.25, 0.3) is 5.56 Å². The maximum absolute atomic E-state index is 15.3. The monoisotopic (exact) mass is 474 g/mol. The highest BCUT2D eigenvalue weighted by Crippen LogP contribution is 2.41. The molecule has 178 valence electrons. The van der Waals surface area contributed by atoms with Crippen molar-refractivity contribution in [1.29, 1.82) is 0 Å². The van der Waals surface area contributed by atoms with Crippen LogP contribution in [-0.2, 0) is 0 Å². The number of piperidine rings is 1. The van der Waals surface area contributed by atoms with Gasteiger partial charge in [-0.1, -0.05) is 0 Å². The Kier molecular flexibility index (Phi) is 5.56. The molecule has 2 aliphatic heterocycles. The number of benzene rings is 1. The zero-order chi connectivity index (χ0) is 25.1. The second-order valence-corrected chi connectivity index (χ2v) is 10.3. The number of aryl methyl sites for hydroxylation is 1. The fourth-order valence-corrected chi connectivity index (χ4v) is 4.46. The van der Waals surface area contributed by atoms with Crippen LogP contribution in [0.25, 0.3) is 5.65 Å². The van der Waals surface area contributed by atoms with Crippen molar-refractivity contribution < 1.29 is 18.6 Å². The number of rotatable bonds is 3. The molecule has 5 rings (SSSR count). The Hall–Kier alpha value is -3.10. The highest BCUT2D eigenvalue weighted by molar-refractivity contribution is 6.53. The van der Waals surface area contributed by atoms with E-state index in [1.165, 1.54) is 16.8 Å². The Morgan fingerprint density at radius 2 is 1.80 bits per heavy atom. The third-order valence-corrected chi connectivity index (χ3v) is 7.42. The minimum absolute atomic E-state index is 0.115. The number of hydrogen-bond donors (Lipinski definition) is 0. The Labute approximate surface area is 206 Å². The summed E-state index contributed by atoms with van der Waals surface area (Å²) in [5.74, 6) is 2.37. The van der Waals surface area contributed by atoms with E-state index < -0.39 is 23.1 Å². The quantitative estimate of drug-likeness (QED) is 0.420. The van der Waals surface area contributed by atoms with Crippen molar-refractivity contribution in [2.45, 2.75) is 43.3 Å². The van der Waals surface area contributed by atoms with Crippen LogP contribution in [0.2, 0.25) is 0 Å². The SMILES string of the molecule is BC1(B)Oc2ccc(O[C@H]3CCN(c4nn5c(=O)ccnc5c(C)c4C)C[C@@H]3F)cc2OC1(B)B. The number of halogens is 1. The van der Waals surface area contributed by atoms with Crippen LogP contribution < -0.4 is 24.7 Å². The van der Waals surface area contributed by atoms with Gasteiger partial charge in [0, 0.05) is 42.4 Å². The zero-order valence-electron chi connectivity index (χ0n) is 21.0. The molecule has 0 spiro atoms. The van der Waals surface area contributed by atoms with Crippen LogP contribution in [-0.4, -0.2) is 82.1 Å². The average Bonchev–Trinajstić information content (AvgIpc) is 2.78. The van der Waals surface area contributed by atoms with Gasteiger partial charge in [-0.15, -0.1) is 5.10 Å². The van der Waals surface area contributed by atoms with Crippen molar-refractivity contribution in [2.24, 2.45) is 0 Å². The van der Waals surface area contributed by atoms with E-state index in [2.05, 4.69) is 10.1 Å². The molecule has 35 heavy (non-hydrogen) atoms. The molecule has 2 atom stereocenters. The molecule has 0 aliphatic carbocycles. The van der Waals surface area contributed by atoms with Crippen LogP contribution in [0.4, 0.5) is 10.2 Å². The summed E-state index contributed by atoms with van der Waals surface area (Å²) in [7, 11) is 7.93. The van der Waals surface area contributed by atoms with Crippen LogP contribution >= 0.6 is 0 Å². The molecule has 1 fully saturated rings. The molecule has 2 aliphatic rings. The van der Waals surface area contributed by atoms with Crippen molar-refractivity contribution >= 4 is 42.9 Å². The van der Waals surface area contributed by atoms with Crippen molar-refractivity contribution in [3.05, 3.63) is 51.9 Å². The molecule has 0 radical (unpaired) electrons. The van der Waals surface area contributed by atoms with Crippen LogP contribution in [0.1, 0.15) is 17.5 Å². The number of ether oxygens (including phenoxy) is 3. The molecule has 0 N–H and O–H groups in total. The second kappa shape index (κ2) is 8.24. The van der Waals surface area contributed by atoms with Gasteiger partial charge in [0.05, 0.1) is 17.3 Å². The molecule has 3 aromatic rings. The van der Waals surface area contributed by atoms with Crippen LogP contribution in [0, 0.1) is 13.8 Å². The molecular formula is C22H27B4FN4O4. The van der Waals surface area contributed by atoms with Crippen molar-refractivity contribution in [1.82, 2.24) is 14.6 Å².